The van der Waals surface area contributed by atoms with Gasteiger partial charge in [-0.2, -0.15) is 8.78 Å². The van der Waals surface area contributed by atoms with Crippen molar-refractivity contribution in [1.82, 2.24) is 0 Å². The highest BCUT2D eigenvalue weighted by Crippen LogP contribution is 2.44. The van der Waals surface area contributed by atoms with Crippen molar-refractivity contribution in [2.24, 2.45) is 0 Å². The molecule has 1 aliphatic carbocycles. The summed E-state index contributed by atoms with van der Waals surface area (Å²) in [5.74, 6) is -5.75. The summed E-state index contributed by atoms with van der Waals surface area (Å²) in [4.78, 5) is 24.6. The van der Waals surface area contributed by atoms with Crippen molar-refractivity contribution in [3.63, 3.8) is 0 Å². The number of amides is 2. The van der Waals surface area contributed by atoms with Crippen molar-refractivity contribution < 1.29 is 23.5 Å². The highest BCUT2D eigenvalue weighted by Gasteiger charge is 2.61. The van der Waals surface area contributed by atoms with Gasteiger partial charge in [-0.25, -0.2) is 0 Å². The maximum Gasteiger partial charge on any atom is 0.352 e. The molecule has 2 amide bonds. The summed E-state index contributed by atoms with van der Waals surface area (Å²) in [6.07, 6.45) is 0.244. The third-order valence-corrected chi connectivity index (χ3v) is 4.04. The van der Waals surface area contributed by atoms with E-state index in [4.69, 9.17) is 0 Å². The van der Waals surface area contributed by atoms with Crippen LogP contribution < -0.4 is 10.2 Å². The Morgan fingerprint density at radius 1 is 1.32 bits per heavy atom. The topological polar surface area (TPSA) is 69.6 Å². The zero-order valence-electron chi connectivity index (χ0n) is 12.4. The van der Waals surface area contributed by atoms with Gasteiger partial charge in [0.15, 0.2) is 0 Å². The molecule has 1 aromatic carbocycles. The van der Waals surface area contributed by atoms with Gasteiger partial charge in [-0.3, -0.25) is 9.59 Å². The lowest BCUT2D eigenvalue weighted by Crippen LogP contribution is -2.59. The second-order valence-electron chi connectivity index (χ2n) is 5.51. The van der Waals surface area contributed by atoms with Crippen LogP contribution >= 0.6 is 0 Å². The van der Waals surface area contributed by atoms with Crippen LogP contribution in [0.4, 0.5) is 20.2 Å². The minimum Gasteiger partial charge on any atom is -0.383 e. The van der Waals surface area contributed by atoms with Crippen LogP contribution in [0, 0.1) is 0 Å². The fourth-order valence-corrected chi connectivity index (χ4v) is 2.28. The molecule has 0 saturated heterocycles. The zero-order chi connectivity index (χ0) is 16.5. The monoisotopic (exact) mass is 312 g/mol. The Kier molecular flexibility index (Phi) is 4.19. The smallest absolute Gasteiger partial charge is 0.352 e. The second-order valence-corrected chi connectivity index (χ2v) is 5.51. The minimum absolute atomic E-state index is 0.0906. The molecule has 5 nitrogen and oxygen atoms in total. The van der Waals surface area contributed by atoms with Crippen LogP contribution in [0.3, 0.4) is 0 Å². The first-order valence-electron chi connectivity index (χ1n) is 6.94. The molecule has 1 fully saturated rings. The molecule has 7 heteroatoms. The molecule has 1 saturated carbocycles. The Morgan fingerprint density at radius 3 is 2.41 bits per heavy atom. The van der Waals surface area contributed by atoms with Gasteiger partial charge in [0.05, 0.1) is 11.4 Å². The predicted molar refractivity (Wildman–Crippen MR) is 77.9 cm³/mol. The first-order valence-corrected chi connectivity index (χ1v) is 6.94. The van der Waals surface area contributed by atoms with Crippen molar-refractivity contribution in [1.29, 1.82) is 0 Å². The van der Waals surface area contributed by atoms with Gasteiger partial charge >= 0.3 is 5.92 Å². The van der Waals surface area contributed by atoms with Gasteiger partial charge in [-0.05, 0) is 31.4 Å². The Labute approximate surface area is 126 Å². The molecule has 1 aromatic rings. The third kappa shape index (κ3) is 2.68. The van der Waals surface area contributed by atoms with Crippen LogP contribution in [0.5, 0.6) is 0 Å². The minimum atomic E-state index is -3.88. The lowest BCUT2D eigenvalue weighted by atomic mass is 9.75. The molecule has 0 atom stereocenters. The highest BCUT2D eigenvalue weighted by atomic mass is 19.3. The normalized spacial score (nSPS) is 16.6. The maximum absolute atomic E-state index is 14.1. The molecule has 120 valence electrons. The number of carbonyl (C=O) groups is 2. The summed E-state index contributed by atoms with van der Waals surface area (Å²) in [7, 11) is 1.48. The van der Waals surface area contributed by atoms with Crippen molar-refractivity contribution in [3.8, 4) is 0 Å². The van der Waals surface area contributed by atoms with Crippen LogP contribution in [0.2, 0.25) is 0 Å². The number of halogens is 2. The van der Waals surface area contributed by atoms with Gasteiger partial charge < -0.3 is 15.3 Å². The molecule has 2 rings (SSSR count). The largest absolute Gasteiger partial charge is 0.383 e. The van der Waals surface area contributed by atoms with Crippen LogP contribution in [-0.2, 0) is 9.59 Å². The van der Waals surface area contributed by atoms with Gasteiger partial charge in [0.1, 0.15) is 5.60 Å². The van der Waals surface area contributed by atoms with Gasteiger partial charge in [-0.15, -0.1) is 0 Å². The Morgan fingerprint density at radius 2 is 1.91 bits per heavy atom. The number of carbonyl (C=O) groups excluding carboxylic acids is 2. The zero-order valence-corrected chi connectivity index (χ0v) is 12.4. The lowest BCUT2D eigenvalue weighted by Gasteiger charge is -2.41. The lowest BCUT2D eigenvalue weighted by molar-refractivity contribution is -0.212. The molecule has 0 unspecified atom stereocenters. The average Bonchev–Trinajstić information content (AvgIpc) is 2.44. The fraction of sp³-hybridized carbons (Fsp3) is 0.467. The summed E-state index contributed by atoms with van der Waals surface area (Å²) in [5, 5.41) is 11.9. The molecule has 0 heterocycles. The van der Waals surface area contributed by atoms with E-state index in [-0.39, 0.29) is 24.4 Å². The number of benzene rings is 1. The van der Waals surface area contributed by atoms with Gasteiger partial charge in [0.2, 0.25) is 5.91 Å². The van der Waals surface area contributed by atoms with Gasteiger partial charge in [-0.1, -0.05) is 12.1 Å². The number of aliphatic hydroxyl groups is 1. The number of alkyl halides is 2. The number of hydrogen-bond donors (Lipinski definition) is 2. The quantitative estimate of drug-likeness (QED) is 0.895. The second kappa shape index (κ2) is 5.64. The third-order valence-electron chi connectivity index (χ3n) is 4.04. The first kappa shape index (κ1) is 16.4. The molecule has 0 bridgehead atoms. The summed E-state index contributed by atoms with van der Waals surface area (Å²) >= 11 is 0. The van der Waals surface area contributed by atoms with E-state index in [1.807, 2.05) is 0 Å². The molecule has 2 N–H and O–H groups in total. The number of nitrogens with zero attached hydrogens (tertiary/aromatic N) is 1. The molecule has 22 heavy (non-hydrogen) atoms. The SMILES string of the molecule is CC(=O)N(C)c1ccccc1NC(=O)C(F)(F)C1(O)CCC1. The highest BCUT2D eigenvalue weighted by molar-refractivity contribution is 6.02. The predicted octanol–water partition coefficient (Wildman–Crippen LogP) is 2.16. The standard InChI is InChI=1S/C15H18F2N2O3/c1-10(20)19(2)12-7-4-3-6-11(12)18-13(21)15(16,17)14(22)8-5-9-14/h3-4,6-7,22H,5,8-9H2,1-2H3,(H,18,21). The van der Waals surface area contributed by atoms with E-state index in [1.165, 1.54) is 31.0 Å². The van der Waals surface area contributed by atoms with Crippen molar-refractivity contribution in [2.75, 3.05) is 17.3 Å². The average molecular weight is 312 g/mol. The van der Waals surface area contributed by atoms with Gasteiger partial charge in [0.25, 0.3) is 5.91 Å². The van der Waals surface area contributed by atoms with Crippen LogP contribution in [0.25, 0.3) is 0 Å². The summed E-state index contributed by atoms with van der Waals surface area (Å²) in [6, 6.07) is 6.14. The van der Waals surface area contributed by atoms with E-state index < -0.39 is 17.4 Å². The summed E-state index contributed by atoms with van der Waals surface area (Å²) < 4.78 is 28.2. The Balaban J connectivity index is 2.24. The number of hydrogen-bond acceptors (Lipinski definition) is 3. The number of para-hydroxylation sites is 2. The number of anilines is 2. The molecular formula is C15H18F2N2O3. The van der Waals surface area contributed by atoms with Crippen molar-refractivity contribution >= 4 is 23.2 Å². The van der Waals surface area contributed by atoms with Crippen molar-refractivity contribution in [2.45, 2.75) is 37.7 Å². The first-order chi connectivity index (χ1) is 10.2. The van der Waals surface area contributed by atoms with Crippen LogP contribution in [-0.4, -0.2) is 35.5 Å². The summed E-state index contributed by atoms with van der Waals surface area (Å²) in [6.45, 7) is 1.32. The van der Waals surface area contributed by atoms with E-state index in [0.717, 1.165) is 0 Å². The number of nitrogens with one attached hydrogen (secondary N) is 1. The van der Waals surface area contributed by atoms with E-state index >= 15 is 0 Å². The van der Waals surface area contributed by atoms with E-state index in [9.17, 15) is 23.5 Å². The molecular weight excluding hydrogens is 294 g/mol. The molecule has 0 radical (unpaired) electrons. The van der Waals surface area contributed by atoms with Crippen LogP contribution in [0.1, 0.15) is 26.2 Å². The van der Waals surface area contributed by atoms with E-state index in [1.54, 1.807) is 12.1 Å². The molecule has 0 aromatic heterocycles. The van der Waals surface area contributed by atoms with Gasteiger partial charge in [0, 0.05) is 14.0 Å². The number of rotatable bonds is 4. The molecule has 0 aliphatic heterocycles. The molecule has 0 spiro atoms. The van der Waals surface area contributed by atoms with E-state index in [2.05, 4.69) is 5.32 Å². The Bertz CT molecular complexity index is 600. The maximum atomic E-state index is 14.1. The van der Waals surface area contributed by atoms with Crippen LogP contribution in [0.15, 0.2) is 24.3 Å². The summed E-state index contributed by atoms with van der Waals surface area (Å²) in [5.41, 5.74) is -1.88. The van der Waals surface area contributed by atoms with E-state index in [0.29, 0.717) is 12.1 Å². The van der Waals surface area contributed by atoms with Crippen molar-refractivity contribution in [3.05, 3.63) is 24.3 Å². The fourth-order valence-electron chi connectivity index (χ4n) is 2.28. The molecule has 1 aliphatic rings. The Hall–Kier alpha value is -2.02.